The van der Waals surface area contributed by atoms with Gasteiger partial charge in [-0.25, -0.2) is 0 Å². The first-order valence-corrected chi connectivity index (χ1v) is 4.97. The first-order valence-electron chi connectivity index (χ1n) is 4.97. The lowest BCUT2D eigenvalue weighted by molar-refractivity contribution is -0.147. The van der Waals surface area contributed by atoms with E-state index < -0.39 is 0 Å². The Bertz CT molecular complexity index is 191. The van der Waals surface area contributed by atoms with E-state index in [0.717, 1.165) is 25.7 Å². The smallest absolute Gasteiger partial charge is 0.310 e. The third kappa shape index (κ3) is 2.85. The summed E-state index contributed by atoms with van der Waals surface area (Å²) in [5.74, 6) is -0.345. The zero-order chi connectivity index (χ0) is 9.90. The molecule has 1 atom stereocenters. The first kappa shape index (κ1) is 13.7. The molecule has 0 aliphatic heterocycles. The van der Waals surface area contributed by atoms with Gasteiger partial charge in [0.25, 0.3) is 0 Å². The van der Waals surface area contributed by atoms with Crippen LogP contribution < -0.4 is 5.73 Å². The number of carbonyl (C=O) groups excluding carboxylic acids is 1. The van der Waals surface area contributed by atoms with Crippen molar-refractivity contribution in [1.82, 2.24) is 0 Å². The fourth-order valence-electron chi connectivity index (χ4n) is 2.05. The van der Waals surface area contributed by atoms with Crippen LogP contribution >= 0.6 is 12.4 Å². The molecule has 1 aliphatic carbocycles. The Kier molecular flexibility index (Phi) is 5.45. The Morgan fingerprint density at radius 3 is 2.29 bits per heavy atom. The minimum absolute atomic E-state index is 0. The van der Waals surface area contributed by atoms with Crippen LogP contribution in [0.5, 0.6) is 0 Å². The third-order valence-electron chi connectivity index (χ3n) is 3.20. The summed E-state index contributed by atoms with van der Waals surface area (Å²) in [6, 6.07) is 0. The van der Waals surface area contributed by atoms with Crippen molar-refractivity contribution >= 4 is 18.4 Å². The molecular weight excluding hydrogens is 202 g/mol. The van der Waals surface area contributed by atoms with Gasteiger partial charge < -0.3 is 10.5 Å². The Morgan fingerprint density at radius 1 is 1.36 bits per heavy atom. The summed E-state index contributed by atoms with van der Waals surface area (Å²) < 4.78 is 4.71. The molecular formula is C10H20ClNO2. The van der Waals surface area contributed by atoms with Crippen molar-refractivity contribution in [2.24, 2.45) is 11.7 Å². The van der Waals surface area contributed by atoms with E-state index in [2.05, 4.69) is 0 Å². The zero-order valence-corrected chi connectivity index (χ0v) is 9.73. The summed E-state index contributed by atoms with van der Waals surface area (Å²) in [6.07, 6.45) is 5.41. The van der Waals surface area contributed by atoms with Gasteiger partial charge in [-0.3, -0.25) is 4.79 Å². The Labute approximate surface area is 91.8 Å². The lowest BCUT2D eigenvalue weighted by Crippen LogP contribution is -2.50. The predicted molar refractivity (Wildman–Crippen MR) is 58.4 cm³/mol. The Hall–Kier alpha value is -0.280. The van der Waals surface area contributed by atoms with E-state index in [1.54, 1.807) is 0 Å². The van der Waals surface area contributed by atoms with Gasteiger partial charge in [0.1, 0.15) is 0 Å². The summed E-state index contributed by atoms with van der Waals surface area (Å²) in [7, 11) is 1.42. The molecule has 0 amide bonds. The molecule has 1 aliphatic rings. The number of esters is 1. The topological polar surface area (TPSA) is 52.3 Å². The van der Waals surface area contributed by atoms with Gasteiger partial charge in [-0.2, -0.15) is 0 Å². The summed E-state index contributed by atoms with van der Waals surface area (Å²) >= 11 is 0. The van der Waals surface area contributed by atoms with Gasteiger partial charge in [0, 0.05) is 5.54 Å². The molecule has 14 heavy (non-hydrogen) atoms. The van der Waals surface area contributed by atoms with Gasteiger partial charge in [-0.15, -0.1) is 12.4 Å². The molecule has 1 rings (SSSR count). The second kappa shape index (κ2) is 5.56. The first-order chi connectivity index (χ1) is 6.10. The molecule has 0 spiro atoms. The molecule has 4 heteroatoms. The Balaban J connectivity index is 0.00000169. The van der Waals surface area contributed by atoms with Crippen LogP contribution in [0.4, 0.5) is 0 Å². The quantitative estimate of drug-likeness (QED) is 0.725. The molecule has 0 aromatic carbocycles. The van der Waals surface area contributed by atoms with Crippen LogP contribution in [0.1, 0.15) is 39.0 Å². The van der Waals surface area contributed by atoms with E-state index >= 15 is 0 Å². The van der Waals surface area contributed by atoms with Crippen molar-refractivity contribution in [2.45, 2.75) is 44.6 Å². The van der Waals surface area contributed by atoms with Crippen molar-refractivity contribution in [1.29, 1.82) is 0 Å². The molecule has 1 fully saturated rings. The Morgan fingerprint density at radius 2 is 1.86 bits per heavy atom. The van der Waals surface area contributed by atoms with E-state index in [0.29, 0.717) is 0 Å². The average molecular weight is 222 g/mol. The van der Waals surface area contributed by atoms with E-state index in [4.69, 9.17) is 10.5 Å². The van der Waals surface area contributed by atoms with Crippen molar-refractivity contribution in [2.75, 3.05) is 7.11 Å². The number of methoxy groups -OCH3 is 1. The lowest BCUT2D eigenvalue weighted by Gasteiger charge is -2.37. The maximum atomic E-state index is 11.3. The van der Waals surface area contributed by atoms with Crippen LogP contribution in [0.2, 0.25) is 0 Å². The highest BCUT2D eigenvalue weighted by molar-refractivity contribution is 5.85. The van der Waals surface area contributed by atoms with Crippen LogP contribution in [0.25, 0.3) is 0 Å². The van der Waals surface area contributed by atoms with E-state index in [1.807, 2.05) is 6.92 Å². The highest BCUT2D eigenvalue weighted by Crippen LogP contribution is 2.32. The minimum atomic E-state index is -0.314. The maximum Gasteiger partial charge on any atom is 0.310 e. The van der Waals surface area contributed by atoms with E-state index in [-0.39, 0.29) is 29.8 Å². The average Bonchev–Trinajstić information content (AvgIpc) is 2.16. The molecule has 0 aromatic heterocycles. The third-order valence-corrected chi connectivity index (χ3v) is 3.20. The summed E-state index contributed by atoms with van der Waals surface area (Å²) in [6.45, 7) is 1.87. The van der Waals surface area contributed by atoms with E-state index in [9.17, 15) is 4.79 Å². The minimum Gasteiger partial charge on any atom is -0.469 e. The number of hydrogen-bond donors (Lipinski definition) is 1. The number of hydrogen-bond acceptors (Lipinski definition) is 3. The molecule has 1 unspecified atom stereocenters. The lowest BCUT2D eigenvalue weighted by atomic mass is 9.74. The van der Waals surface area contributed by atoms with Gasteiger partial charge in [-0.05, 0) is 12.8 Å². The number of rotatable bonds is 2. The van der Waals surface area contributed by atoms with Crippen molar-refractivity contribution in [3.05, 3.63) is 0 Å². The molecule has 0 saturated heterocycles. The molecule has 0 aromatic rings. The zero-order valence-electron chi connectivity index (χ0n) is 8.91. The van der Waals surface area contributed by atoms with Crippen LogP contribution in [0, 0.1) is 5.92 Å². The standard InChI is InChI=1S/C10H19NO2.ClH/c1-8(9(12)13-2)10(11)6-4-3-5-7-10;/h8H,3-7,11H2,1-2H3;1H. The molecule has 0 bridgehead atoms. The molecule has 2 N–H and O–H groups in total. The monoisotopic (exact) mass is 221 g/mol. The number of nitrogens with two attached hydrogens (primary N) is 1. The SMILES string of the molecule is COC(=O)C(C)C1(N)CCCCC1.Cl. The largest absolute Gasteiger partial charge is 0.469 e. The molecule has 3 nitrogen and oxygen atoms in total. The molecule has 0 heterocycles. The van der Waals surface area contributed by atoms with Crippen molar-refractivity contribution in [3.8, 4) is 0 Å². The number of halogens is 1. The number of ether oxygens (including phenoxy) is 1. The number of carbonyl (C=O) groups is 1. The van der Waals surface area contributed by atoms with Gasteiger partial charge in [0.15, 0.2) is 0 Å². The normalized spacial score (nSPS) is 21.9. The highest BCUT2D eigenvalue weighted by atomic mass is 35.5. The second-order valence-corrected chi connectivity index (χ2v) is 4.04. The maximum absolute atomic E-state index is 11.3. The fourth-order valence-corrected chi connectivity index (χ4v) is 2.05. The van der Waals surface area contributed by atoms with Crippen LogP contribution in [0.15, 0.2) is 0 Å². The fraction of sp³-hybridized carbons (Fsp3) is 0.900. The van der Waals surface area contributed by atoms with Gasteiger partial charge in [-0.1, -0.05) is 26.2 Å². The predicted octanol–water partition coefficient (Wildman–Crippen LogP) is 1.88. The van der Waals surface area contributed by atoms with Gasteiger partial charge >= 0.3 is 5.97 Å². The molecule has 1 saturated carbocycles. The van der Waals surface area contributed by atoms with Gasteiger partial charge in [0.05, 0.1) is 13.0 Å². The van der Waals surface area contributed by atoms with Crippen LogP contribution in [-0.2, 0) is 9.53 Å². The summed E-state index contributed by atoms with van der Waals surface area (Å²) in [5, 5.41) is 0. The van der Waals surface area contributed by atoms with E-state index in [1.165, 1.54) is 13.5 Å². The van der Waals surface area contributed by atoms with Crippen LogP contribution in [0.3, 0.4) is 0 Å². The van der Waals surface area contributed by atoms with Crippen LogP contribution in [-0.4, -0.2) is 18.6 Å². The van der Waals surface area contributed by atoms with Crippen molar-refractivity contribution < 1.29 is 9.53 Å². The molecule has 84 valence electrons. The highest BCUT2D eigenvalue weighted by Gasteiger charge is 2.37. The van der Waals surface area contributed by atoms with Crippen molar-refractivity contribution in [3.63, 3.8) is 0 Å². The summed E-state index contributed by atoms with van der Waals surface area (Å²) in [5.41, 5.74) is 5.86. The van der Waals surface area contributed by atoms with Gasteiger partial charge in [0.2, 0.25) is 0 Å². The second-order valence-electron chi connectivity index (χ2n) is 4.04. The molecule has 0 radical (unpaired) electrons. The summed E-state index contributed by atoms with van der Waals surface area (Å²) in [4.78, 5) is 11.3.